The summed E-state index contributed by atoms with van der Waals surface area (Å²) in [5.41, 5.74) is 0.517. The summed E-state index contributed by atoms with van der Waals surface area (Å²) in [5.74, 6) is 0.370. The van der Waals surface area contributed by atoms with Gasteiger partial charge in [-0.15, -0.1) is 0 Å². The fourth-order valence-corrected chi connectivity index (χ4v) is 2.35. The second-order valence-corrected chi connectivity index (χ2v) is 5.11. The van der Waals surface area contributed by atoms with Gasteiger partial charge in [0.25, 0.3) is 0 Å². The van der Waals surface area contributed by atoms with E-state index in [9.17, 15) is 14.7 Å². The van der Waals surface area contributed by atoms with Crippen molar-refractivity contribution in [1.82, 2.24) is 0 Å². The fraction of sp³-hybridized carbons (Fsp3) is 0.111. The van der Waals surface area contributed by atoms with Crippen molar-refractivity contribution in [1.29, 1.82) is 0 Å². The van der Waals surface area contributed by atoms with Crippen molar-refractivity contribution in [3.8, 4) is 28.6 Å². The van der Waals surface area contributed by atoms with Gasteiger partial charge in [-0.05, 0) is 24.3 Å². The van der Waals surface area contributed by atoms with Crippen LogP contribution in [0, 0.1) is 0 Å². The molecule has 24 heavy (non-hydrogen) atoms. The van der Waals surface area contributed by atoms with Crippen molar-refractivity contribution >= 4 is 16.9 Å². The third-order valence-electron chi connectivity index (χ3n) is 3.41. The first-order valence-corrected chi connectivity index (χ1v) is 7.11. The third kappa shape index (κ3) is 2.94. The monoisotopic (exact) mass is 326 g/mol. The fourth-order valence-electron chi connectivity index (χ4n) is 2.35. The molecule has 0 aliphatic rings. The zero-order valence-corrected chi connectivity index (χ0v) is 13.0. The maximum atomic E-state index is 12.5. The van der Waals surface area contributed by atoms with Gasteiger partial charge in [-0.3, -0.25) is 9.59 Å². The van der Waals surface area contributed by atoms with Crippen LogP contribution in [0.2, 0.25) is 0 Å². The number of aromatic hydroxyl groups is 1. The Kier molecular flexibility index (Phi) is 3.95. The Hall–Kier alpha value is -3.28. The number of methoxy groups -OCH3 is 1. The van der Waals surface area contributed by atoms with E-state index < -0.39 is 5.97 Å². The normalized spacial score (nSPS) is 10.6. The molecular weight excluding hydrogens is 312 g/mol. The molecule has 0 radical (unpaired) electrons. The first kappa shape index (κ1) is 15.6. The van der Waals surface area contributed by atoms with Crippen LogP contribution in [0.1, 0.15) is 6.92 Å². The number of hydrogen-bond donors (Lipinski definition) is 1. The maximum absolute atomic E-state index is 12.5. The molecule has 0 amide bonds. The molecule has 0 aliphatic carbocycles. The molecule has 1 heterocycles. The zero-order chi connectivity index (χ0) is 17.3. The van der Waals surface area contributed by atoms with Crippen LogP contribution in [0.4, 0.5) is 0 Å². The molecule has 3 rings (SSSR count). The maximum Gasteiger partial charge on any atom is 0.308 e. The summed E-state index contributed by atoms with van der Waals surface area (Å²) in [6, 6.07) is 10.6. The van der Waals surface area contributed by atoms with Gasteiger partial charge in [0.05, 0.1) is 7.11 Å². The second kappa shape index (κ2) is 6.08. The number of phenolic OH excluding ortho intramolecular Hbond substituents is 1. The van der Waals surface area contributed by atoms with E-state index in [-0.39, 0.29) is 27.9 Å². The molecule has 0 aliphatic heterocycles. The summed E-state index contributed by atoms with van der Waals surface area (Å²) in [6.45, 7) is 1.25. The third-order valence-corrected chi connectivity index (χ3v) is 3.41. The first-order valence-electron chi connectivity index (χ1n) is 7.11. The largest absolute Gasteiger partial charge is 0.508 e. The molecule has 0 unspecified atom stereocenters. The Morgan fingerprint density at radius 3 is 2.46 bits per heavy atom. The van der Waals surface area contributed by atoms with E-state index in [2.05, 4.69) is 0 Å². The number of fused-ring (bicyclic) bond motifs is 1. The van der Waals surface area contributed by atoms with Gasteiger partial charge in [-0.2, -0.15) is 0 Å². The van der Waals surface area contributed by atoms with Gasteiger partial charge >= 0.3 is 5.97 Å². The molecule has 0 spiro atoms. The molecule has 6 heteroatoms. The average Bonchev–Trinajstić information content (AvgIpc) is 2.54. The Morgan fingerprint density at radius 2 is 1.83 bits per heavy atom. The van der Waals surface area contributed by atoms with E-state index in [4.69, 9.17) is 13.9 Å². The van der Waals surface area contributed by atoms with E-state index in [0.717, 1.165) is 0 Å². The summed E-state index contributed by atoms with van der Waals surface area (Å²) in [4.78, 5) is 23.8. The predicted molar refractivity (Wildman–Crippen MR) is 87.4 cm³/mol. The van der Waals surface area contributed by atoms with Crippen LogP contribution in [0.15, 0.2) is 51.7 Å². The van der Waals surface area contributed by atoms with Crippen molar-refractivity contribution in [3.63, 3.8) is 0 Å². The topological polar surface area (TPSA) is 86.0 Å². The molecule has 0 atom stereocenters. The van der Waals surface area contributed by atoms with Gasteiger partial charge in [0, 0.05) is 30.7 Å². The standard InChI is InChI=1S/C18H14O6/c1-10(19)23-16-7-13(22-2)8-17-18(16)14(21)9-15(24-17)11-3-5-12(20)6-4-11/h3-9,20H,1-2H3. The van der Waals surface area contributed by atoms with E-state index in [0.29, 0.717) is 17.1 Å². The Bertz CT molecular complexity index is 969. The Morgan fingerprint density at radius 1 is 1.12 bits per heavy atom. The molecular formula is C18H14O6. The molecule has 2 aromatic carbocycles. The van der Waals surface area contributed by atoms with Crippen LogP contribution >= 0.6 is 0 Å². The van der Waals surface area contributed by atoms with Crippen LogP contribution in [0.3, 0.4) is 0 Å². The molecule has 3 aromatic rings. The molecule has 0 saturated heterocycles. The number of esters is 1. The predicted octanol–water partition coefficient (Wildman–Crippen LogP) is 3.10. The van der Waals surface area contributed by atoms with Crippen molar-refractivity contribution in [2.45, 2.75) is 6.92 Å². The SMILES string of the molecule is COc1cc(OC(C)=O)c2c(=O)cc(-c3ccc(O)cc3)oc2c1. The van der Waals surface area contributed by atoms with E-state index in [1.807, 2.05) is 0 Å². The lowest BCUT2D eigenvalue weighted by molar-refractivity contribution is -0.131. The van der Waals surface area contributed by atoms with E-state index in [1.54, 1.807) is 18.2 Å². The Labute approximate surface area is 136 Å². The van der Waals surface area contributed by atoms with Gasteiger partial charge in [0.2, 0.25) is 0 Å². The summed E-state index contributed by atoms with van der Waals surface area (Å²) < 4.78 is 16.0. The lowest BCUT2D eigenvalue weighted by atomic mass is 10.1. The van der Waals surface area contributed by atoms with Gasteiger partial charge in [0.1, 0.15) is 34.0 Å². The highest BCUT2D eigenvalue weighted by molar-refractivity contribution is 5.88. The zero-order valence-electron chi connectivity index (χ0n) is 13.0. The minimum absolute atomic E-state index is 0.0860. The van der Waals surface area contributed by atoms with Gasteiger partial charge in [-0.1, -0.05) is 0 Å². The number of ether oxygens (including phenoxy) is 2. The highest BCUT2D eigenvalue weighted by Gasteiger charge is 2.15. The molecule has 0 fully saturated rings. The van der Waals surface area contributed by atoms with Crippen LogP contribution < -0.4 is 14.9 Å². The number of hydrogen-bond acceptors (Lipinski definition) is 6. The highest BCUT2D eigenvalue weighted by Crippen LogP contribution is 2.32. The van der Waals surface area contributed by atoms with Crippen molar-refractivity contribution < 1.29 is 23.8 Å². The van der Waals surface area contributed by atoms with Gasteiger partial charge in [0.15, 0.2) is 5.43 Å². The second-order valence-electron chi connectivity index (χ2n) is 5.11. The highest BCUT2D eigenvalue weighted by atomic mass is 16.5. The van der Waals surface area contributed by atoms with Crippen molar-refractivity contribution in [2.75, 3.05) is 7.11 Å². The summed E-state index contributed by atoms with van der Waals surface area (Å²) in [5, 5.41) is 9.52. The number of phenols is 1. The molecule has 1 aromatic heterocycles. The quantitative estimate of drug-likeness (QED) is 0.588. The first-order chi connectivity index (χ1) is 11.5. The molecule has 122 valence electrons. The number of rotatable bonds is 3. The molecule has 0 saturated carbocycles. The molecule has 1 N–H and O–H groups in total. The molecule has 0 bridgehead atoms. The van der Waals surface area contributed by atoms with Crippen LogP contribution in [-0.4, -0.2) is 18.2 Å². The minimum Gasteiger partial charge on any atom is -0.508 e. The van der Waals surface area contributed by atoms with Gasteiger partial charge < -0.3 is 19.0 Å². The Balaban J connectivity index is 2.25. The summed E-state index contributed by atoms with van der Waals surface area (Å²) in [7, 11) is 1.46. The summed E-state index contributed by atoms with van der Waals surface area (Å²) in [6.07, 6.45) is 0. The average molecular weight is 326 g/mol. The smallest absolute Gasteiger partial charge is 0.308 e. The lowest BCUT2D eigenvalue weighted by Gasteiger charge is -2.09. The number of benzene rings is 2. The molecule has 6 nitrogen and oxygen atoms in total. The van der Waals surface area contributed by atoms with E-state index in [1.165, 1.54) is 38.3 Å². The van der Waals surface area contributed by atoms with Crippen LogP contribution in [0.5, 0.6) is 17.2 Å². The van der Waals surface area contributed by atoms with Gasteiger partial charge in [-0.25, -0.2) is 0 Å². The van der Waals surface area contributed by atoms with Crippen LogP contribution in [-0.2, 0) is 4.79 Å². The number of carbonyl (C=O) groups excluding carboxylic acids is 1. The van der Waals surface area contributed by atoms with E-state index >= 15 is 0 Å². The lowest BCUT2D eigenvalue weighted by Crippen LogP contribution is -2.07. The minimum atomic E-state index is -0.549. The number of carbonyl (C=O) groups is 1. The summed E-state index contributed by atoms with van der Waals surface area (Å²) >= 11 is 0. The van der Waals surface area contributed by atoms with Crippen molar-refractivity contribution in [3.05, 3.63) is 52.7 Å². The van der Waals surface area contributed by atoms with Crippen LogP contribution in [0.25, 0.3) is 22.3 Å². The van der Waals surface area contributed by atoms with Crippen molar-refractivity contribution in [2.24, 2.45) is 0 Å².